The number of fused-ring (bicyclic) bond motifs is 1. The van der Waals surface area contributed by atoms with E-state index in [-0.39, 0.29) is 0 Å². The number of rotatable bonds is 4. The van der Waals surface area contributed by atoms with Gasteiger partial charge in [-0.3, -0.25) is 0 Å². The summed E-state index contributed by atoms with van der Waals surface area (Å²) in [6.07, 6.45) is 0. The summed E-state index contributed by atoms with van der Waals surface area (Å²) < 4.78 is 11.7. The smallest absolute Gasteiger partial charge is 0.186 e. The Hall–Kier alpha value is -2.42. The van der Waals surface area contributed by atoms with Crippen LogP contribution in [0.5, 0.6) is 5.75 Å². The molecular formula is C19H20N4O2S2. The van der Waals surface area contributed by atoms with Crippen molar-refractivity contribution < 1.29 is 9.47 Å². The lowest BCUT2D eigenvalue weighted by atomic mass is 10.3. The number of hydrogen-bond donors (Lipinski definition) is 2. The fraction of sp³-hybridized carbons (Fsp3) is 0.263. The van der Waals surface area contributed by atoms with E-state index in [1.165, 1.54) is 0 Å². The van der Waals surface area contributed by atoms with Crippen LogP contribution in [0.4, 0.5) is 16.5 Å². The van der Waals surface area contributed by atoms with Crippen molar-refractivity contribution in [2.24, 2.45) is 0 Å². The first-order valence-corrected chi connectivity index (χ1v) is 9.89. The fourth-order valence-electron chi connectivity index (χ4n) is 2.85. The molecule has 140 valence electrons. The number of thiazole rings is 1. The van der Waals surface area contributed by atoms with E-state index < -0.39 is 0 Å². The van der Waals surface area contributed by atoms with Gasteiger partial charge in [0.05, 0.1) is 30.5 Å². The summed E-state index contributed by atoms with van der Waals surface area (Å²) in [7, 11) is 1.65. The monoisotopic (exact) mass is 400 g/mol. The van der Waals surface area contributed by atoms with Gasteiger partial charge in [0, 0.05) is 24.5 Å². The molecule has 0 atom stereocenters. The van der Waals surface area contributed by atoms with Crippen LogP contribution in [0.2, 0.25) is 0 Å². The molecule has 0 radical (unpaired) electrons. The third-order valence-electron chi connectivity index (χ3n) is 4.26. The number of aromatic nitrogens is 1. The Morgan fingerprint density at radius 3 is 2.56 bits per heavy atom. The van der Waals surface area contributed by atoms with Gasteiger partial charge in [-0.05, 0) is 54.7 Å². The number of benzene rings is 2. The van der Waals surface area contributed by atoms with E-state index in [4.69, 9.17) is 26.7 Å². The van der Waals surface area contributed by atoms with Gasteiger partial charge < -0.3 is 25.0 Å². The van der Waals surface area contributed by atoms with Crippen molar-refractivity contribution in [3.8, 4) is 5.75 Å². The van der Waals surface area contributed by atoms with Crippen LogP contribution in [0.1, 0.15) is 0 Å². The SMILES string of the molecule is COc1ccc(NC(=S)Nc2ccc3nc(N4CCOCC4)sc3c2)cc1. The van der Waals surface area contributed by atoms with Crippen molar-refractivity contribution in [2.45, 2.75) is 0 Å². The average Bonchev–Trinajstić information content (AvgIpc) is 3.12. The summed E-state index contributed by atoms with van der Waals surface area (Å²) in [6, 6.07) is 13.7. The first-order valence-electron chi connectivity index (χ1n) is 8.66. The predicted octanol–water partition coefficient (Wildman–Crippen LogP) is 3.95. The fourth-order valence-corrected chi connectivity index (χ4v) is 4.14. The maximum Gasteiger partial charge on any atom is 0.186 e. The van der Waals surface area contributed by atoms with Crippen LogP contribution in [0, 0.1) is 0 Å². The maximum absolute atomic E-state index is 5.42. The van der Waals surface area contributed by atoms with Crippen molar-refractivity contribution in [1.29, 1.82) is 0 Å². The van der Waals surface area contributed by atoms with Crippen LogP contribution < -0.4 is 20.3 Å². The van der Waals surface area contributed by atoms with Gasteiger partial charge in [0.15, 0.2) is 10.2 Å². The molecule has 8 heteroatoms. The van der Waals surface area contributed by atoms with Crippen LogP contribution in [-0.4, -0.2) is 43.5 Å². The summed E-state index contributed by atoms with van der Waals surface area (Å²) in [4.78, 5) is 7.02. The highest BCUT2D eigenvalue weighted by atomic mass is 32.1. The second kappa shape index (κ2) is 8.08. The lowest BCUT2D eigenvalue weighted by molar-refractivity contribution is 0.122. The van der Waals surface area contributed by atoms with Crippen molar-refractivity contribution in [1.82, 2.24) is 4.98 Å². The molecule has 3 aromatic rings. The predicted molar refractivity (Wildman–Crippen MR) is 115 cm³/mol. The standard InChI is InChI=1S/C19H20N4O2S2/c1-24-15-5-2-13(3-6-15)20-18(26)21-14-4-7-16-17(12-14)27-19(22-16)23-8-10-25-11-9-23/h2-7,12H,8-11H2,1H3,(H2,20,21,26). The number of hydrogen-bond acceptors (Lipinski definition) is 6. The van der Waals surface area contributed by atoms with Gasteiger partial charge in [-0.1, -0.05) is 11.3 Å². The molecule has 0 amide bonds. The van der Waals surface area contributed by atoms with E-state index in [1.54, 1.807) is 18.4 Å². The van der Waals surface area contributed by atoms with E-state index >= 15 is 0 Å². The first kappa shape index (κ1) is 18.0. The van der Waals surface area contributed by atoms with Crippen LogP contribution in [-0.2, 0) is 4.74 Å². The summed E-state index contributed by atoms with van der Waals surface area (Å²) in [5.74, 6) is 0.811. The van der Waals surface area contributed by atoms with Crippen molar-refractivity contribution in [2.75, 3.05) is 48.9 Å². The minimum Gasteiger partial charge on any atom is -0.497 e. The second-order valence-electron chi connectivity index (χ2n) is 6.09. The zero-order chi connectivity index (χ0) is 18.6. The Bertz CT molecular complexity index is 937. The molecular weight excluding hydrogens is 380 g/mol. The minimum absolute atomic E-state index is 0.539. The topological polar surface area (TPSA) is 58.7 Å². The number of nitrogens with zero attached hydrogens (tertiary/aromatic N) is 2. The summed E-state index contributed by atoms with van der Waals surface area (Å²) in [6.45, 7) is 3.30. The molecule has 2 heterocycles. The van der Waals surface area contributed by atoms with Gasteiger partial charge >= 0.3 is 0 Å². The molecule has 0 saturated carbocycles. The number of methoxy groups -OCH3 is 1. The quantitative estimate of drug-likeness (QED) is 0.643. The Morgan fingerprint density at radius 2 is 1.81 bits per heavy atom. The molecule has 2 aromatic carbocycles. The van der Waals surface area contributed by atoms with E-state index in [2.05, 4.69) is 21.6 Å². The van der Waals surface area contributed by atoms with Gasteiger partial charge in [0.1, 0.15) is 5.75 Å². The molecule has 1 aliphatic heterocycles. The van der Waals surface area contributed by atoms with Gasteiger partial charge in [-0.2, -0.15) is 0 Å². The van der Waals surface area contributed by atoms with Gasteiger partial charge in [0.2, 0.25) is 0 Å². The molecule has 0 bridgehead atoms. The van der Waals surface area contributed by atoms with E-state index in [0.29, 0.717) is 5.11 Å². The number of anilines is 3. The number of thiocarbonyl (C=S) groups is 1. The van der Waals surface area contributed by atoms with Gasteiger partial charge in [-0.15, -0.1) is 0 Å². The van der Waals surface area contributed by atoms with E-state index in [9.17, 15) is 0 Å². The summed E-state index contributed by atoms with van der Waals surface area (Å²) in [5, 5.41) is 8.00. The van der Waals surface area contributed by atoms with E-state index in [0.717, 1.165) is 58.8 Å². The highest BCUT2D eigenvalue weighted by Crippen LogP contribution is 2.31. The largest absolute Gasteiger partial charge is 0.497 e. The van der Waals surface area contributed by atoms with Crippen LogP contribution in [0.15, 0.2) is 42.5 Å². The maximum atomic E-state index is 5.42. The van der Waals surface area contributed by atoms with Crippen molar-refractivity contribution in [3.63, 3.8) is 0 Å². The Morgan fingerprint density at radius 1 is 1.11 bits per heavy atom. The third kappa shape index (κ3) is 4.29. The molecule has 0 aliphatic carbocycles. The molecule has 1 saturated heterocycles. The molecule has 1 aromatic heterocycles. The number of ether oxygens (including phenoxy) is 2. The zero-order valence-electron chi connectivity index (χ0n) is 14.9. The number of nitrogens with one attached hydrogen (secondary N) is 2. The molecule has 1 fully saturated rings. The highest BCUT2D eigenvalue weighted by molar-refractivity contribution is 7.80. The molecule has 4 rings (SSSR count). The zero-order valence-corrected chi connectivity index (χ0v) is 16.5. The average molecular weight is 401 g/mol. The van der Waals surface area contributed by atoms with Crippen molar-refractivity contribution in [3.05, 3.63) is 42.5 Å². The summed E-state index contributed by atoms with van der Waals surface area (Å²) in [5.41, 5.74) is 2.84. The lowest BCUT2D eigenvalue weighted by Gasteiger charge is -2.25. The first-order chi connectivity index (χ1) is 13.2. The van der Waals surface area contributed by atoms with E-state index in [1.807, 2.05) is 36.4 Å². The normalized spacial score (nSPS) is 14.2. The Labute approximate surface area is 167 Å². The van der Waals surface area contributed by atoms with Gasteiger partial charge in [0.25, 0.3) is 0 Å². The van der Waals surface area contributed by atoms with Crippen LogP contribution in [0.3, 0.4) is 0 Å². The molecule has 2 N–H and O–H groups in total. The lowest BCUT2D eigenvalue weighted by Crippen LogP contribution is -2.36. The minimum atomic E-state index is 0.539. The highest BCUT2D eigenvalue weighted by Gasteiger charge is 2.15. The summed E-state index contributed by atoms with van der Waals surface area (Å²) >= 11 is 7.12. The second-order valence-corrected chi connectivity index (χ2v) is 7.50. The molecule has 0 unspecified atom stereocenters. The van der Waals surface area contributed by atoms with Crippen molar-refractivity contribution >= 4 is 55.4 Å². The molecule has 1 aliphatic rings. The molecule has 0 spiro atoms. The molecule has 27 heavy (non-hydrogen) atoms. The third-order valence-corrected chi connectivity index (χ3v) is 5.55. The van der Waals surface area contributed by atoms with Crippen LogP contribution >= 0.6 is 23.6 Å². The van der Waals surface area contributed by atoms with Gasteiger partial charge in [-0.25, -0.2) is 4.98 Å². The Kier molecular flexibility index (Phi) is 5.38. The van der Waals surface area contributed by atoms with Crippen LogP contribution in [0.25, 0.3) is 10.2 Å². The Balaban J connectivity index is 1.44. The number of morpholine rings is 1. The molecule has 6 nitrogen and oxygen atoms in total.